The lowest BCUT2D eigenvalue weighted by Gasteiger charge is -2.21. The van der Waals surface area contributed by atoms with Crippen LogP contribution in [-0.2, 0) is 17.8 Å². The lowest BCUT2D eigenvalue weighted by Crippen LogP contribution is -2.32. The van der Waals surface area contributed by atoms with Crippen molar-refractivity contribution in [3.05, 3.63) is 69.0 Å². The zero-order chi connectivity index (χ0) is 27.1. The van der Waals surface area contributed by atoms with Crippen LogP contribution in [0.15, 0.2) is 41.6 Å². The molecule has 0 saturated heterocycles. The average molecular weight is 563 g/mol. The van der Waals surface area contributed by atoms with Crippen LogP contribution in [0, 0.1) is 12.8 Å². The number of amides is 2. The minimum atomic E-state index is -0.381. The number of aryl methyl sites for hydroxylation is 2. The van der Waals surface area contributed by atoms with Crippen LogP contribution in [0.3, 0.4) is 0 Å². The molecule has 3 rings (SSSR count). The Morgan fingerprint density at radius 1 is 1.11 bits per heavy atom. The van der Waals surface area contributed by atoms with E-state index >= 15 is 0 Å². The smallest absolute Gasteiger partial charge is 0.253 e. The zero-order valence-corrected chi connectivity index (χ0v) is 24.1. The molecule has 1 heterocycles. The zero-order valence-electron chi connectivity index (χ0n) is 21.8. The molecule has 0 saturated carbocycles. The normalized spacial score (nSPS) is 12.0. The molecule has 0 aliphatic rings. The van der Waals surface area contributed by atoms with Gasteiger partial charge in [0.15, 0.2) is 11.0 Å². The number of benzene rings is 2. The molecule has 0 spiro atoms. The number of carbonyl (C=O) groups is 2. The third-order valence-corrected chi connectivity index (χ3v) is 7.41. The highest BCUT2D eigenvalue weighted by Gasteiger charge is 2.25. The molecule has 10 heteroatoms. The Bertz CT molecular complexity index is 1260. The van der Waals surface area contributed by atoms with E-state index in [1.54, 1.807) is 18.2 Å². The van der Waals surface area contributed by atoms with Gasteiger partial charge in [-0.15, -0.1) is 10.2 Å². The summed E-state index contributed by atoms with van der Waals surface area (Å²) in [6, 6.07) is 10.4. The van der Waals surface area contributed by atoms with Gasteiger partial charge in [-0.3, -0.25) is 9.59 Å². The van der Waals surface area contributed by atoms with Crippen molar-refractivity contribution in [2.75, 3.05) is 11.1 Å². The first-order valence-corrected chi connectivity index (χ1v) is 14.1. The highest BCUT2D eigenvalue weighted by molar-refractivity contribution is 7.99. The van der Waals surface area contributed by atoms with Gasteiger partial charge in [-0.25, -0.2) is 0 Å². The second kappa shape index (κ2) is 13.3. The van der Waals surface area contributed by atoms with Gasteiger partial charge in [-0.05, 0) is 61.9 Å². The predicted molar refractivity (Wildman–Crippen MR) is 152 cm³/mol. The molecule has 2 amide bonds. The standard InChI is InChI=1S/C27H33Cl2N5O2S/c1-6-18-10-8-9-17(5)24(18)31-23(35)15-37-27-33-32-25(34(27)7-2)22(13-16(3)4)30-26(36)20-12-11-19(28)14-21(20)29/h8-12,14,16,22H,6-7,13,15H2,1-5H3,(H,30,36)(H,31,35)/t22-/m0/s1. The highest BCUT2D eigenvalue weighted by atomic mass is 35.5. The van der Waals surface area contributed by atoms with Crippen LogP contribution in [0.1, 0.15) is 67.5 Å². The summed E-state index contributed by atoms with van der Waals surface area (Å²) in [6.45, 7) is 10.8. The van der Waals surface area contributed by atoms with Crippen LogP contribution >= 0.6 is 35.0 Å². The Kier molecular flexibility index (Phi) is 10.4. The molecule has 2 N–H and O–H groups in total. The molecule has 7 nitrogen and oxygen atoms in total. The van der Waals surface area contributed by atoms with Crippen LogP contribution in [0.4, 0.5) is 5.69 Å². The second-order valence-electron chi connectivity index (χ2n) is 9.16. The van der Waals surface area contributed by atoms with E-state index in [9.17, 15) is 9.59 Å². The lowest BCUT2D eigenvalue weighted by atomic mass is 10.0. The summed E-state index contributed by atoms with van der Waals surface area (Å²) in [5, 5.41) is 16.3. The molecule has 0 bridgehead atoms. The monoisotopic (exact) mass is 561 g/mol. The van der Waals surface area contributed by atoms with Crippen molar-refractivity contribution in [1.29, 1.82) is 0 Å². The first-order chi connectivity index (χ1) is 17.6. The first kappa shape index (κ1) is 29.0. The van der Waals surface area contributed by atoms with Crippen molar-refractivity contribution in [2.24, 2.45) is 5.92 Å². The van der Waals surface area contributed by atoms with Gasteiger partial charge in [0, 0.05) is 17.3 Å². The van der Waals surface area contributed by atoms with Crippen molar-refractivity contribution in [2.45, 2.75) is 65.2 Å². The number of hydrogen-bond acceptors (Lipinski definition) is 5. The number of rotatable bonds is 11. The maximum absolute atomic E-state index is 13.1. The van der Waals surface area contributed by atoms with Gasteiger partial charge < -0.3 is 15.2 Å². The number of anilines is 1. The molecule has 0 unspecified atom stereocenters. The number of carbonyl (C=O) groups excluding carboxylic acids is 2. The van der Waals surface area contributed by atoms with E-state index in [0.29, 0.717) is 34.5 Å². The van der Waals surface area contributed by atoms with Crippen LogP contribution in [0.2, 0.25) is 10.0 Å². The van der Waals surface area contributed by atoms with Gasteiger partial charge in [-0.2, -0.15) is 0 Å². The molecule has 0 fully saturated rings. The number of nitrogens with zero attached hydrogens (tertiary/aromatic N) is 3. The molecule has 1 atom stereocenters. The Balaban J connectivity index is 1.76. The summed E-state index contributed by atoms with van der Waals surface area (Å²) in [5.74, 6) is 0.709. The van der Waals surface area contributed by atoms with E-state index in [1.165, 1.54) is 11.8 Å². The van der Waals surface area contributed by atoms with E-state index in [-0.39, 0.29) is 34.5 Å². The van der Waals surface area contributed by atoms with Crippen LogP contribution < -0.4 is 10.6 Å². The fourth-order valence-electron chi connectivity index (χ4n) is 4.08. The van der Waals surface area contributed by atoms with E-state index in [1.807, 2.05) is 36.6 Å². The van der Waals surface area contributed by atoms with Crippen molar-refractivity contribution in [3.8, 4) is 0 Å². The molecule has 0 radical (unpaired) electrons. The Hall–Kier alpha value is -2.55. The van der Waals surface area contributed by atoms with Crippen LogP contribution in [0.5, 0.6) is 0 Å². The van der Waals surface area contributed by atoms with E-state index < -0.39 is 0 Å². The summed E-state index contributed by atoms with van der Waals surface area (Å²) in [6.07, 6.45) is 1.50. The highest BCUT2D eigenvalue weighted by Crippen LogP contribution is 2.27. The van der Waals surface area contributed by atoms with Gasteiger partial charge in [0.25, 0.3) is 5.91 Å². The molecule has 0 aliphatic carbocycles. The fourth-order valence-corrected chi connectivity index (χ4v) is 5.38. The fraction of sp³-hybridized carbons (Fsp3) is 0.407. The summed E-state index contributed by atoms with van der Waals surface area (Å²) in [5.41, 5.74) is 3.35. The van der Waals surface area contributed by atoms with Crippen molar-refractivity contribution in [3.63, 3.8) is 0 Å². The van der Waals surface area contributed by atoms with Gasteiger partial charge in [0.05, 0.1) is 22.4 Å². The molecule has 198 valence electrons. The summed E-state index contributed by atoms with van der Waals surface area (Å²) >= 11 is 13.6. The minimum Gasteiger partial charge on any atom is -0.342 e. The van der Waals surface area contributed by atoms with E-state index in [4.69, 9.17) is 23.2 Å². The van der Waals surface area contributed by atoms with Crippen molar-refractivity contribution in [1.82, 2.24) is 20.1 Å². The topological polar surface area (TPSA) is 88.9 Å². The van der Waals surface area contributed by atoms with Crippen LogP contribution in [0.25, 0.3) is 0 Å². The second-order valence-corrected chi connectivity index (χ2v) is 11.0. The minimum absolute atomic E-state index is 0.106. The largest absolute Gasteiger partial charge is 0.342 e. The molecule has 37 heavy (non-hydrogen) atoms. The third-order valence-electron chi connectivity index (χ3n) is 5.90. The Labute approximate surface area is 232 Å². The number of nitrogens with one attached hydrogen (secondary N) is 2. The van der Waals surface area contributed by atoms with E-state index in [2.05, 4.69) is 41.6 Å². The maximum Gasteiger partial charge on any atom is 0.253 e. The molecule has 2 aromatic carbocycles. The van der Waals surface area contributed by atoms with Gasteiger partial charge in [0.1, 0.15) is 0 Å². The Morgan fingerprint density at radius 3 is 2.51 bits per heavy atom. The van der Waals surface area contributed by atoms with Crippen molar-refractivity contribution < 1.29 is 9.59 Å². The molecule has 3 aromatic rings. The number of thioether (sulfide) groups is 1. The molecule has 0 aliphatic heterocycles. The SMILES string of the molecule is CCc1cccc(C)c1NC(=O)CSc1nnc([C@H](CC(C)C)NC(=O)c2ccc(Cl)cc2Cl)n1CC. The van der Waals surface area contributed by atoms with Gasteiger partial charge in [-0.1, -0.05) is 73.9 Å². The van der Waals surface area contributed by atoms with Gasteiger partial charge >= 0.3 is 0 Å². The number of para-hydroxylation sites is 1. The Morgan fingerprint density at radius 2 is 1.86 bits per heavy atom. The molecular weight excluding hydrogens is 529 g/mol. The summed E-state index contributed by atoms with van der Waals surface area (Å²) in [4.78, 5) is 25.8. The number of halogens is 2. The predicted octanol–water partition coefficient (Wildman–Crippen LogP) is 6.72. The first-order valence-electron chi connectivity index (χ1n) is 12.3. The number of aromatic nitrogens is 3. The van der Waals surface area contributed by atoms with Crippen LogP contribution in [-0.4, -0.2) is 32.3 Å². The molecule has 1 aromatic heterocycles. The summed E-state index contributed by atoms with van der Waals surface area (Å²) < 4.78 is 1.94. The molecular formula is C27H33Cl2N5O2S. The maximum atomic E-state index is 13.1. The lowest BCUT2D eigenvalue weighted by molar-refractivity contribution is -0.113. The van der Waals surface area contributed by atoms with Gasteiger partial charge in [0.2, 0.25) is 5.91 Å². The average Bonchev–Trinajstić information content (AvgIpc) is 3.26. The quantitative estimate of drug-likeness (QED) is 0.253. The summed E-state index contributed by atoms with van der Waals surface area (Å²) in [7, 11) is 0. The number of hydrogen-bond donors (Lipinski definition) is 2. The third kappa shape index (κ3) is 7.49. The van der Waals surface area contributed by atoms with E-state index in [0.717, 1.165) is 23.2 Å². The van der Waals surface area contributed by atoms with Crippen molar-refractivity contribution >= 4 is 52.5 Å².